The average Bonchev–Trinajstić information content (AvgIpc) is 2.86. The Morgan fingerprint density at radius 3 is 2.05 bits per heavy atom. The van der Waals surface area contributed by atoms with E-state index < -0.39 is 28.5 Å². The van der Waals surface area contributed by atoms with E-state index in [1.54, 1.807) is 62.4 Å². The number of benzene rings is 3. The minimum Gasteiger partial charge on any atom is -0.352 e. The summed E-state index contributed by atoms with van der Waals surface area (Å²) in [5.41, 5.74) is 2.30. The second kappa shape index (κ2) is 13.3. The first-order valence-corrected chi connectivity index (χ1v) is 15.2. The lowest BCUT2D eigenvalue weighted by atomic mass is 10.1. The van der Waals surface area contributed by atoms with Crippen molar-refractivity contribution in [2.45, 2.75) is 58.1 Å². The molecule has 3 aromatic carbocycles. The van der Waals surface area contributed by atoms with Gasteiger partial charge in [-0.05, 0) is 88.2 Å². The lowest BCUT2D eigenvalue weighted by Gasteiger charge is -2.33. The summed E-state index contributed by atoms with van der Waals surface area (Å²) in [7, 11) is -4.19. The lowest BCUT2D eigenvalue weighted by Crippen LogP contribution is -2.52. The molecule has 2 amide bonds. The van der Waals surface area contributed by atoms with E-state index in [0.717, 1.165) is 9.87 Å². The van der Waals surface area contributed by atoms with Crippen LogP contribution in [0.1, 0.15) is 37.5 Å². The normalized spacial score (nSPS) is 12.2. The smallest absolute Gasteiger partial charge is 0.264 e. The van der Waals surface area contributed by atoms with Gasteiger partial charge in [0.05, 0.1) is 10.6 Å². The zero-order valence-electron chi connectivity index (χ0n) is 22.9. The van der Waals surface area contributed by atoms with Crippen LogP contribution in [0.25, 0.3) is 0 Å². The highest BCUT2D eigenvalue weighted by Crippen LogP contribution is 2.30. The van der Waals surface area contributed by atoms with Crippen LogP contribution in [0, 0.1) is 13.8 Å². The molecule has 11 heteroatoms. The van der Waals surface area contributed by atoms with Gasteiger partial charge in [-0.25, -0.2) is 8.42 Å². The molecule has 0 aromatic heterocycles. The van der Waals surface area contributed by atoms with Crippen LogP contribution in [0.5, 0.6) is 0 Å². The molecule has 3 rings (SSSR count). The summed E-state index contributed by atoms with van der Waals surface area (Å²) in [5.74, 6) is -0.980. The van der Waals surface area contributed by atoms with E-state index in [4.69, 9.17) is 34.8 Å². The first-order chi connectivity index (χ1) is 18.7. The number of halogens is 3. The zero-order chi connectivity index (χ0) is 29.8. The van der Waals surface area contributed by atoms with Crippen LogP contribution >= 0.6 is 34.8 Å². The van der Waals surface area contributed by atoms with E-state index in [-0.39, 0.29) is 23.4 Å². The molecule has 0 aliphatic heterocycles. The molecule has 0 aliphatic carbocycles. The van der Waals surface area contributed by atoms with Crippen LogP contribution in [0.15, 0.2) is 65.6 Å². The van der Waals surface area contributed by atoms with Crippen molar-refractivity contribution < 1.29 is 18.0 Å². The van der Waals surface area contributed by atoms with Crippen LogP contribution in [0.3, 0.4) is 0 Å². The van der Waals surface area contributed by atoms with Crippen LogP contribution in [-0.4, -0.2) is 43.8 Å². The third kappa shape index (κ3) is 7.69. The number of aryl methyl sites for hydroxylation is 2. The van der Waals surface area contributed by atoms with Gasteiger partial charge >= 0.3 is 0 Å². The van der Waals surface area contributed by atoms with E-state index in [2.05, 4.69) is 5.32 Å². The van der Waals surface area contributed by atoms with Gasteiger partial charge in [0.15, 0.2) is 0 Å². The van der Waals surface area contributed by atoms with Gasteiger partial charge in [-0.15, -0.1) is 0 Å². The van der Waals surface area contributed by atoms with E-state index in [1.807, 2.05) is 20.8 Å². The highest BCUT2D eigenvalue weighted by atomic mass is 35.5. The summed E-state index contributed by atoms with van der Waals surface area (Å²) in [6.07, 6.45) is 0. The minimum absolute atomic E-state index is 0.0261. The number of nitrogens with one attached hydrogen (secondary N) is 1. The lowest BCUT2D eigenvalue weighted by molar-refractivity contribution is -0.139. The summed E-state index contributed by atoms with van der Waals surface area (Å²) in [4.78, 5) is 28.4. The van der Waals surface area contributed by atoms with Crippen molar-refractivity contribution in [1.29, 1.82) is 0 Å². The number of hydrogen-bond acceptors (Lipinski definition) is 4. The first kappa shape index (κ1) is 31.7. The first-order valence-electron chi connectivity index (χ1n) is 12.6. The Labute approximate surface area is 251 Å². The molecule has 40 heavy (non-hydrogen) atoms. The van der Waals surface area contributed by atoms with Crippen LogP contribution in [-0.2, 0) is 26.2 Å². The fraction of sp³-hybridized carbons (Fsp3) is 0.310. The monoisotopic (exact) mass is 623 g/mol. The quantitative estimate of drug-likeness (QED) is 0.283. The summed E-state index contributed by atoms with van der Waals surface area (Å²) in [6.45, 7) is 8.17. The second-order valence-corrected chi connectivity index (χ2v) is 13.0. The number of hydrogen-bond donors (Lipinski definition) is 1. The van der Waals surface area contributed by atoms with Gasteiger partial charge in [0.2, 0.25) is 11.8 Å². The third-order valence-electron chi connectivity index (χ3n) is 6.27. The maximum atomic E-state index is 14.0. The number of sulfonamides is 1. The molecule has 0 aliphatic rings. The molecule has 214 valence electrons. The van der Waals surface area contributed by atoms with Crippen molar-refractivity contribution >= 4 is 62.3 Å². The van der Waals surface area contributed by atoms with Crippen molar-refractivity contribution in [3.05, 3.63) is 92.4 Å². The Kier molecular flexibility index (Phi) is 10.5. The van der Waals surface area contributed by atoms with Gasteiger partial charge in [0.25, 0.3) is 10.0 Å². The number of carbonyl (C=O) groups is 2. The predicted molar refractivity (Wildman–Crippen MR) is 162 cm³/mol. The number of nitrogens with zero attached hydrogens (tertiary/aromatic N) is 2. The number of carbonyl (C=O) groups excluding carboxylic acids is 2. The molecule has 0 bridgehead atoms. The van der Waals surface area contributed by atoms with Crippen molar-refractivity contribution in [3.8, 4) is 0 Å². The van der Waals surface area contributed by atoms with Gasteiger partial charge < -0.3 is 10.2 Å². The van der Waals surface area contributed by atoms with Gasteiger partial charge in [0.1, 0.15) is 12.6 Å². The molecule has 1 atom stereocenters. The largest absolute Gasteiger partial charge is 0.352 e. The molecule has 7 nitrogen and oxygen atoms in total. The second-order valence-electron chi connectivity index (χ2n) is 9.85. The van der Waals surface area contributed by atoms with Crippen molar-refractivity contribution in [2.75, 3.05) is 10.8 Å². The zero-order valence-corrected chi connectivity index (χ0v) is 26.0. The SMILES string of the molecule is Cc1ccc(S(=O)(=O)N(CC(=O)N(Cc2ccc(Cl)cc2Cl)[C@H](C)C(=O)NC(C)C)c2ccc(Cl)cc2C)cc1. The summed E-state index contributed by atoms with van der Waals surface area (Å²) >= 11 is 18.6. The fourth-order valence-corrected chi connectivity index (χ4v) is 6.24. The fourth-order valence-electron chi connectivity index (χ4n) is 4.07. The number of amides is 2. The minimum atomic E-state index is -4.19. The predicted octanol–water partition coefficient (Wildman–Crippen LogP) is 6.40. The Balaban J connectivity index is 2.09. The Morgan fingerprint density at radius 2 is 1.48 bits per heavy atom. The standard InChI is InChI=1S/C29H32Cl3N3O4S/c1-18(2)33-29(37)21(5)34(16-22-8-9-24(31)15-26(22)32)28(36)17-35(27-13-10-23(30)14-20(27)4)40(38,39)25-11-6-19(3)7-12-25/h6-15,18,21H,16-17H2,1-5H3,(H,33,37)/t21-/m1/s1. The molecule has 3 aromatic rings. The molecule has 0 heterocycles. The average molecular weight is 625 g/mol. The summed E-state index contributed by atoms with van der Waals surface area (Å²) < 4.78 is 28.9. The molecule has 0 fully saturated rings. The number of rotatable bonds is 10. The van der Waals surface area contributed by atoms with Crippen LogP contribution in [0.2, 0.25) is 15.1 Å². The van der Waals surface area contributed by atoms with Gasteiger partial charge in [-0.1, -0.05) is 58.6 Å². The summed E-state index contributed by atoms with van der Waals surface area (Å²) in [5, 5.41) is 3.99. The van der Waals surface area contributed by atoms with Crippen LogP contribution in [0.4, 0.5) is 5.69 Å². The third-order valence-corrected chi connectivity index (χ3v) is 8.87. The van der Waals surface area contributed by atoms with E-state index in [0.29, 0.717) is 31.9 Å². The highest BCUT2D eigenvalue weighted by molar-refractivity contribution is 7.92. The number of anilines is 1. The molecule has 0 radical (unpaired) electrons. The van der Waals surface area contributed by atoms with Crippen molar-refractivity contribution in [1.82, 2.24) is 10.2 Å². The van der Waals surface area contributed by atoms with Gasteiger partial charge in [-0.3, -0.25) is 13.9 Å². The summed E-state index contributed by atoms with van der Waals surface area (Å²) in [6, 6.07) is 14.9. The van der Waals surface area contributed by atoms with E-state index in [9.17, 15) is 18.0 Å². The highest BCUT2D eigenvalue weighted by Gasteiger charge is 2.33. The van der Waals surface area contributed by atoms with Gasteiger partial charge in [-0.2, -0.15) is 0 Å². The van der Waals surface area contributed by atoms with E-state index >= 15 is 0 Å². The molecule has 0 unspecified atom stereocenters. The van der Waals surface area contributed by atoms with Crippen molar-refractivity contribution in [3.63, 3.8) is 0 Å². The van der Waals surface area contributed by atoms with Crippen LogP contribution < -0.4 is 9.62 Å². The topological polar surface area (TPSA) is 86.8 Å². The molecule has 0 saturated carbocycles. The van der Waals surface area contributed by atoms with E-state index in [1.165, 1.54) is 17.0 Å². The Bertz CT molecular complexity index is 1490. The van der Waals surface area contributed by atoms with Crippen molar-refractivity contribution in [2.24, 2.45) is 0 Å². The molecule has 0 saturated heterocycles. The van der Waals surface area contributed by atoms with Gasteiger partial charge in [0, 0.05) is 27.7 Å². The Hall–Kier alpha value is -2.78. The maximum Gasteiger partial charge on any atom is 0.264 e. The molecule has 0 spiro atoms. The molecular formula is C29H32Cl3N3O4S. The Morgan fingerprint density at radius 1 is 0.875 bits per heavy atom. The maximum absolute atomic E-state index is 14.0. The molecule has 1 N–H and O–H groups in total. The molecular weight excluding hydrogens is 593 g/mol.